The number of amides is 2. The average molecular weight is 641 g/mol. The predicted octanol–water partition coefficient (Wildman–Crippen LogP) is 4.24. The van der Waals surface area contributed by atoms with Gasteiger partial charge in [0.05, 0.1) is 11.3 Å². The van der Waals surface area contributed by atoms with E-state index >= 15 is 0 Å². The molecule has 4 rings (SSSR count). The van der Waals surface area contributed by atoms with Gasteiger partial charge in [-0.2, -0.15) is 4.31 Å². The van der Waals surface area contributed by atoms with Crippen LogP contribution in [-0.4, -0.2) is 66.5 Å². The van der Waals surface area contributed by atoms with Crippen molar-refractivity contribution in [3.63, 3.8) is 0 Å². The van der Waals surface area contributed by atoms with Crippen LogP contribution in [0.4, 0.5) is 22.0 Å². The zero-order chi connectivity index (χ0) is 32.1. The fourth-order valence-electron chi connectivity index (χ4n) is 4.61. The zero-order valence-electron chi connectivity index (χ0n) is 23.4. The number of ether oxygens (including phenoxy) is 1. The van der Waals surface area contributed by atoms with Crippen LogP contribution in [0, 0.1) is 0 Å². The van der Waals surface area contributed by atoms with E-state index in [1.54, 1.807) is 12.1 Å². The summed E-state index contributed by atoms with van der Waals surface area (Å²) in [5.41, 5.74) is 0.957. The number of benzene rings is 2. The molecule has 236 valence electrons. The molecule has 0 saturated carbocycles. The van der Waals surface area contributed by atoms with Crippen LogP contribution in [0.3, 0.4) is 0 Å². The summed E-state index contributed by atoms with van der Waals surface area (Å²) in [6, 6.07) is 10.8. The van der Waals surface area contributed by atoms with Gasteiger partial charge in [-0.25, -0.2) is 17.2 Å². The molecule has 2 amide bonds. The van der Waals surface area contributed by atoms with Crippen molar-refractivity contribution in [2.24, 2.45) is 0 Å². The molecule has 1 aliphatic rings. The number of pyridine rings is 1. The third kappa shape index (κ3) is 8.08. The van der Waals surface area contributed by atoms with Gasteiger partial charge in [0.2, 0.25) is 21.8 Å². The Labute approximate surface area is 250 Å². The molecule has 0 spiro atoms. The number of hydrogen-bond acceptors (Lipinski definition) is 6. The molecule has 1 atom stereocenters. The van der Waals surface area contributed by atoms with Gasteiger partial charge >= 0.3 is 6.36 Å². The van der Waals surface area contributed by atoms with Gasteiger partial charge in [-0.05, 0) is 47.5 Å². The molecule has 2 heterocycles. The van der Waals surface area contributed by atoms with E-state index in [2.05, 4.69) is 15.0 Å². The number of aromatic nitrogens is 1. The number of sulfonamides is 1. The summed E-state index contributed by atoms with van der Waals surface area (Å²) in [5.74, 6) is -4.75. The van der Waals surface area contributed by atoms with Gasteiger partial charge in [0.25, 0.3) is 5.92 Å². The molecule has 1 saturated heterocycles. The van der Waals surface area contributed by atoms with Gasteiger partial charge in [-0.3, -0.25) is 14.6 Å². The number of nitrogens with zero attached hydrogens (tertiary/aromatic N) is 3. The van der Waals surface area contributed by atoms with Crippen LogP contribution in [0.25, 0.3) is 0 Å². The van der Waals surface area contributed by atoms with Crippen molar-refractivity contribution in [2.45, 2.75) is 49.5 Å². The zero-order valence-corrected chi connectivity index (χ0v) is 24.2. The number of halogens is 5. The Kier molecular flexibility index (Phi) is 9.88. The van der Waals surface area contributed by atoms with Crippen LogP contribution in [0.2, 0.25) is 0 Å². The highest BCUT2D eigenvalue weighted by Crippen LogP contribution is 2.31. The monoisotopic (exact) mass is 640 g/mol. The number of hydrogen-bond donors (Lipinski definition) is 1. The second-order valence-corrected chi connectivity index (χ2v) is 11.9. The summed E-state index contributed by atoms with van der Waals surface area (Å²) in [4.78, 5) is 31.4. The molecule has 9 nitrogen and oxygen atoms in total. The number of carbonyl (C=O) groups excluding carboxylic acids is 2. The first-order valence-corrected chi connectivity index (χ1v) is 14.9. The van der Waals surface area contributed by atoms with Gasteiger partial charge in [0, 0.05) is 50.6 Å². The van der Waals surface area contributed by atoms with Gasteiger partial charge in [0.15, 0.2) is 0 Å². The Morgan fingerprint density at radius 2 is 1.57 bits per heavy atom. The van der Waals surface area contributed by atoms with E-state index in [0.29, 0.717) is 11.1 Å². The van der Waals surface area contributed by atoms with E-state index < -0.39 is 40.0 Å². The number of piperazine rings is 1. The highest BCUT2D eigenvalue weighted by atomic mass is 32.2. The second kappa shape index (κ2) is 13.3. The van der Waals surface area contributed by atoms with Crippen LogP contribution in [0.15, 0.2) is 78.0 Å². The summed E-state index contributed by atoms with van der Waals surface area (Å²) in [5, 5.41) is 2.61. The summed E-state index contributed by atoms with van der Waals surface area (Å²) in [7, 11) is -4.43. The Hall–Kier alpha value is -4.11. The number of rotatable bonds is 10. The van der Waals surface area contributed by atoms with Gasteiger partial charge in [-0.1, -0.05) is 31.2 Å². The van der Waals surface area contributed by atoms with E-state index in [4.69, 9.17) is 0 Å². The highest BCUT2D eigenvalue weighted by molar-refractivity contribution is 7.89. The molecule has 2 aromatic carbocycles. The first-order chi connectivity index (χ1) is 20.7. The van der Waals surface area contributed by atoms with Crippen molar-refractivity contribution in [1.82, 2.24) is 19.5 Å². The minimum atomic E-state index is -4.97. The molecule has 1 fully saturated rings. The van der Waals surface area contributed by atoms with Crippen molar-refractivity contribution in [1.29, 1.82) is 0 Å². The third-order valence-electron chi connectivity index (χ3n) is 7.04. The van der Waals surface area contributed by atoms with Crippen LogP contribution >= 0.6 is 0 Å². The first-order valence-electron chi connectivity index (χ1n) is 13.5. The SMILES string of the molecule is CCC(F)(F)c1ccc(CNC(=O)[C@H]2CN(C(=O)Cc3ccncc3)CCN2S(=O)(=O)c2ccc(OC(F)(F)F)cc2)cc1. The average Bonchev–Trinajstić information content (AvgIpc) is 2.99. The molecule has 0 aliphatic carbocycles. The lowest BCUT2D eigenvalue weighted by Gasteiger charge is -2.39. The second-order valence-electron chi connectivity index (χ2n) is 10.00. The normalized spacial score (nSPS) is 16.4. The molecular weight excluding hydrogens is 611 g/mol. The first kappa shape index (κ1) is 32.8. The summed E-state index contributed by atoms with van der Waals surface area (Å²) < 4.78 is 97.6. The van der Waals surface area contributed by atoms with Crippen LogP contribution in [-0.2, 0) is 38.5 Å². The molecule has 0 unspecified atom stereocenters. The Morgan fingerprint density at radius 3 is 2.16 bits per heavy atom. The molecule has 1 aliphatic heterocycles. The lowest BCUT2D eigenvalue weighted by atomic mass is 10.0. The fraction of sp³-hybridized carbons (Fsp3) is 0.345. The van der Waals surface area contributed by atoms with Crippen molar-refractivity contribution in [3.8, 4) is 5.75 Å². The maximum Gasteiger partial charge on any atom is 0.573 e. The van der Waals surface area contributed by atoms with Crippen molar-refractivity contribution < 1.29 is 44.7 Å². The van der Waals surface area contributed by atoms with E-state index in [-0.39, 0.29) is 55.4 Å². The van der Waals surface area contributed by atoms with Crippen LogP contribution in [0.1, 0.15) is 30.0 Å². The molecule has 0 radical (unpaired) electrons. The summed E-state index contributed by atoms with van der Waals surface area (Å²) in [6.45, 7) is 0.620. The van der Waals surface area contributed by atoms with Crippen LogP contribution in [0.5, 0.6) is 5.75 Å². The number of alkyl halides is 5. The highest BCUT2D eigenvalue weighted by Gasteiger charge is 2.41. The maximum absolute atomic E-state index is 14.0. The molecule has 3 aromatic rings. The van der Waals surface area contributed by atoms with Crippen molar-refractivity contribution >= 4 is 21.8 Å². The lowest BCUT2D eigenvalue weighted by molar-refractivity contribution is -0.274. The standard InChI is InChI=1S/C29H29F5N4O5S/c1-2-28(30,31)22-5-3-21(4-6-22)18-36-27(40)25-19-37(26(39)17-20-11-13-35-14-12-20)15-16-38(25)44(41,42)24-9-7-23(8-10-24)43-29(32,33)34/h3-14,25H,2,15-19H2,1H3,(H,36,40)/t25-/m1/s1. The van der Waals surface area contributed by atoms with Crippen molar-refractivity contribution in [2.75, 3.05) is 19.6 Å². The maximum atomic E-state index is 14.0. The number of nitrogens with one attached hydrogen (secondary N) is 1. The van der Waals surface area contributed by atoms with E-state index in [0.717, 1.165) is 28.6 Å². The van der Waals surface area contributed by atoms with E-state index in [1.807, 2.05) is 0 Å². The molecular formula is C29H29F5N4O5S. The smallest absolute Gasteiger partial charge is 0.406 e. The minimum absolute atomic E-state index is 0.0149. The Bertz CT molecular complexity index is 1550. The topological polar surface area (TPSA) is 109 Å². The Balaban J connectivity index is 1.54. The van der Waals surface area contributed by atoms with Crippen LogP contribution < -0.4 is 10.1 Å². The molecule has 1 N–H and O–H groups in total. The minimum Gasteiger partial charge on any atom is -0.406 e. The van der Waals surface area contributed by atoms with Gasteiger partial charge in [0.1, 0.15) is 11.8 Å². The molecule has 0 bridgehead atoms. The lowest BCUT2D eigenvalue weighted by Crippen LogP contribution is -2.61. The molecule has 44 heavy (non-hydrogen) atoms. The molecule has 15 heteroatoms. The fourth-order valence-corrected chi connectivity index (χ4v) is 6.18. The predicted molar refractivity (Wildman–Crippen MR) is 148 cm³/mol. The van der Waals surface area contributed by atoms with Gasteiger partial charge < -0.3 is 15.0 Å². The Morgan fingerprint density at radius 1 is 0.932 bits per heavy atom. The van der Waals surface area contributed by atoms with Crippen molar-refractivity contribution in [3.05, 3.63) is 89.7 Å². The quantitative estimate of drug-likeness (QED) is 0.332. The van der Waals surface area contributed by atoms with E-state index in [9.17, 15) is 40.0 Å². The summed E-state index contributed by atoms with van der Waals surface area (Å²) in [6.07, 6.45) is -2.34. The third-order valence-corrected chi connectivity index (χ3v) is 8.96. The molecule has 1 aromatic heterocycles. The van der Waals surface area contributed by atoms with E-state index in [1.165, 1.54) is 48.5 Å². The largest absolute Gasteiger partial charge is 0.573 e. The summed E-state index contributed by atoms with van der Waals surface area (Å²) >= 11 is 0. The number of carbonyl (C=O) groups is 2. The van der Waals surface area contributed by atoms with Gasteiger partial charge in [-0.15, -0.1) is 13.2 Å².